The third-order valence-electron chi connectivity index (χ3n) is 5.91. The van der Waals surface area contributed by atoms with Crippen LogP contribution >= 0.6 is 0 Å². The first-order valence-corrected chi connectivity index (χ1v) is 14.5. The predicted octanol–water partition coefficient (Wildman–Crippen LogP) is 3.47. The molecule has 0 bridgehead atoms. The molecule has 10 heteroatoms. The Hall–Kier alpha value is -3.44. The van der Waals surface area contributed by atoms with Crippen molar-refractivity contribution in [1.82, 2.24) is 10.8 Å². The number of aryl methyl sites for hydroxylation is 1. The van der Waals surface area contributed by atoms with Gasteiger partial charge in [0.25, 0.3) is 16.0 Å². The second-order valence-electron chi connectivity index (χ2n) is 9.77. The van der Waals surface area contributed by atoms with Crippen molar-refractivity contribution in [3.05, 3.63) is 95.6 Å². The summed E-state index contributed by atoms with van der Waals surface area (Å²) in [5, 5.41) is 14.2. The van der Waals surface area contributed by atoms with Crippen LogP contribution in [0, 0.1) is 0 Å². The van der Waals surface area contributed by atoms with Crippen molar-refractivity contribution in [2.75, 3.05) is 12.9 Å². The van der Waals surface area contributed by atoms with Gasteiger partial charge in [-0.15, -0.1) is 0 Å². The van der Waals surface area contributed by atoms with Gasteiger partial charge in [0.2, 0.25) is 0 Å². The first kappa shape index (κ1) is 30.1. The molecule has 39 heavy (non-hydrogen) atoms. The second kappa shape index (κ2) is 14.1. The van der Waals surface area contributed by atoms with Gasteiger partial charge in [-0.2, -0.15) is 13.9 Å². The molecule has 3 aromatic carbocycles. The molecule has 2 unspecified atom stereocenters. The Morgan fingerprint density at radius 3 is 2.31 bits per heavy atom. The van der Waals surface area contributed by atoms with Gasteiger partial charge in [-0.05, 0) is 73.6 Å². The van der Waals surface area contributed by atoms with E-state index in [1.165, 1.54) is 11.1 Å². The molecule has 1 amide bonds. The molecular formula is C29H36N2O7S. The molecule has 0 heterocycles. The van der Waals surface area contributed by atoms with Crippen molar-refractivity contribution in [2.45, 2.75) is 50.8 Å². The first-order valence-electron chi connectivity index (χ1n) is 12.7. The van der Waals surface area contributed by atoms with Crippen LogP contribution in [-0.2, 0) is 34.2 Å². The molecule has 1 aliphatic carbocycles. The highest BCUT2D eigenvalue weighted by atomic mass is 32.2. The summed E-state index contributed by atoms with van der Waals surface area (Å²) in [7, 11) is -3.67. The third kappa shape index (κ3) is 11.9. The zero-order chi connectivity index (χ0) is 28.3. The van der Waals surface area contributed by atoms with Crippen LogP contribution in [-0.4, -0.2) is 48.6 Å². The van der Waals surface area contributed by atoms with E-state index in [-0.39, 0.29) is 25.0 Å². The van der Waals surface area contributed by atoms with E-state index < -0.39 is 15.8 Å². The summed E-state index contributed by atoms with van der Waals surface area (Å²) in [6.45, 7) is 1.91. The van der Waals surface area contributed by atoms with Crippen LogP contribution in [0.2, 0.25) is 0 Å². The number of carbonyl (C=O) groups is 1. The number of nitrogens with one attached hydrogen (secondary N) is 2. The zero-order valence-electron chi connectivity index (χ0n) is 22.2. The van der Waals surface area contributed by atoms with Gasteiger partial charge in [0.05, 0.1) is 12.7 Å². The minimum atomic E-state index is -3.67. The molecule has 9 nitrogen and oxygen atoms in total. The fourth-order valence-electron chi connectivity index (χ4n) is 4.28. The Bertz CT molecular complexity index is 1290. The van der Waals surface area contributed by atoms with Crippen LogP contribution in [0.5, 0.6) is 11.5 Å². The summed E-state index contributed by atoms with van der Waals surface area (Å²) in [6.07, 6.45) is 4.65. The molecule has 0 saturated heterocycles. The number of hydrogen-bond donors (Lipinski definition) is 4. The average molecular weight is 557 g/mol. The third-order valence-corrected chi connectivity index (χ3v) is 5.91. The quantitative estimate of drug-likeness (QED) is 0.136. The fourth-order valence-corrected chi connectivity index (χ4v) is 4.28. The van der Waals surface area contributed by atoms with E-state index >= 15 is 0 Å². The van der Waals surface area contributed by atoms with Gasteiger partial charge in [-0.25, -0.2) is 0 Å². The molecule has 1 aliphatic rings. The number of ether oxygens (including phenoxy) is 1. The van der Waals surface area contributed by atoms with E-state index in [0.717, 1.165) is 37.0 Å². The molecule has 0 saturated carbocycles. The van der Waals surface area contributed by atoms with Crippen LogP contribution in [0.1, 0.15) is 36.5 Å². The predicted molar refractivity (Wildman–Crippen MR) is 149 cm³/mol. The number of benzene rings is 3. The lowest BCUT2D eigenvalue weighted by atomic mass is 10.0. The van der Waals surface area contributed by atoms with E-state index in [1.807, 2.05) is 78.9 Å². The van der Waals surface area contributed by atoms with E-state index in [9.17, 15) is 18.3 Å². The number of rotatable bonds is 9. The number of fused-ring (bicyclic) bond motifs is 1. The highest BCUT2D eigenvalue weighted by Crippen LogP contribution is 2.26. The van der Waals surface area contributed by atoms with Crippen LogP contribution < -0.4 is 20.4 Å². The summed E-state index contributed by atoms with van der Waals surface area (Å²) in [5.74, 6) is 1.17. The Morgan fingerprint density at radius 2 is 1.64 bits per heavy atom. The standard InChI is InChI=1S/C28H32N2O4.CH4O3S/c1-28(32,20-33-25-13-6-3-7-14-25)29-24-12-8-11-22-19-26(16-15-23(22)18-24)34-30-27(31)17-21-9-4-2-5-10-21;1-5(2,3)4/h2-7,9-10,13-16,19,24,29,32H,8,11-12,17-18,20H2,1H3,(H,30,31);1H3,(H,2,3,4). The Morgan fingerprint density at radius 1 is 1.00 bits per heavy atom. The minimum absolute atomic E-state index is 0.132. The largest absolute Gasteiger partial charge is 0.489 e. The lowest BCUT2D eigenvalue weighted by Gasteiger charge is -2.30. The van der Waals surface area contributed by atoms with Crippen molar-refractivity contribution in [3.8, 4) is 11.5 Å². The van der Waals surface area contributed by atoms with Crippen LogP contribution in [0.25, 0.3) is 0 Å². The van der Waals surface area contributed by atoms with E-state index in [0.29, 0.717) is 12.0 Å². The van der Waals surface area contributed by atoms with Gasteiger partial charge in [-0.3, -0.25) is 14.7 Å². The number of aliphatic hydroxyl groups is 1. The maximum absolute atomic E-state index is 12.2. The molecule has 2 atom stereocenters. The maximum Gasteiger partial charge on any atom is 0.261 e. The topological polar surface area (TPSA) is 134 Å². The summed E-state index contributed by atoms with van der Waals surface area (Å²) in [4.78, 5) is 17.7. The number of para-hydroxylation sites is 1. The molecule has 4 rings (SSSR count). The van der Waals surface area contributed by atoms with Crippen molar-refractivity contribution in [2.24, 2.45) is 0 Å². The van der Waals surface area contributed by atoms with Gasteiger partial charge >= 0.3 is 0 Å². The molecule has 4 N–H and O–H groups in total. The summed E-state index contributed by atoms with van der Waals surface area (Å²) in [5.41, 5.74) is 4.76. The zero-order valence-corrected chi connectivity index (χ0v) is 23.0. The van der Waals surface area contributed by atoms with E-state index in [2.05, 4.69) is 10.8 Å². The van der Waals surface area contributed by atoms with Gasteiger partial charge in [0.1, 0.15) is 18.1 Å². The lowest BCUT2D eigenvalue weighted by molar-refractivity contribution is -0.126. The fraction of sp³-hybridized carbons (Fsp3) is 0.345. The Balaban J connectivity index is 0.000000771. The number of hydroxylamine groups is 1. The molecule has 3 aromatic rings. The molecular weight excluding hydrogens is 520 g/mol. The molecule has 0 radical (unpaired) electrons. The highest BCUT2D eigenvalue weighted by molar-refractivity contribution is 7.85. The van der Waals surface area contributed by atoms with Crippen molar-refractivity contribution < 1.29 is 32.4 Å². The smallest absolute Gasteiger partial charge is 0.261 e. The van der Waals surface area contributed by atoms with Crippen molar-refractivity contribution in [1.29, 1.82) is 0 Å². The van der Waals surface area contributed by atoms with Gasteiger partial charge < -0.3 is 14.7 Å². The second-order valence-corrected chi connectivity index (χ2v) is 11.2. The first-order chi connectivity index (χ1) is 18.5. The van der Waals surface area contributed by atoms with Gasteiger partial charge in [-0.1, -0.05) is 54.6 Å². The SMILES string of the molecule is CC(O)(COc1ccccc1)NC1CCCc2cc(ONC(=O)Cc3ccccc3)ccc2C1.CS(=O)(=O)O. The number of hydrogen-bond acceptors (Lipinski definition) is 7. The summed E-state index contributed by atoms with van der Waals surface area (Å²) < 4.78 is 31.6. The normalized spacial score (nSPS) is 16.4. The highest BCUT2D eigenvalue weighted by Gasteiger charge is 2.27. The monoisotopic (exact) mass is 556 g/mol. The number of amides is 1. The molecule has 210 valence electrons. The molecule has 0 aromatic heterocycles. The lowest BCUT2D eigenvalue weighted by Crippen LogP contribution is -2.52. The van der Waals surface area contributed by atoms with E-state index in [4.69, 9.17) is 14.1 Å². The van der Waals surface area contributed by atoms with Crippen molar-refractivity contribution >= 4 is 16.0 Å². The number of carbonyl (C=O) groups excluding carboxylic acids is 1. The molecule has 0 fully saturated rings. The molecule has 0 spiro atoms. The van der Waals surface area contributed by atoms with Crippen molar-refractivity contribution in [3.63, 3.8) is 0 Å². The van der Waals surface area contributed by atoms with Gasteiger partial charge in [0.15, 0.2) is 5.75 Å². The minimum Gasteiger partial charge on any atom is -0.489 e. The average Bonchev–Trinajstić information content (AvgIpc) is 3.07. The Kier molecular flexibility index (Phi) is 10.9. The molecule has 0 aliphatic heterocycles. The maximum atomic E-state index is 12.2. The van der Waals surface area contributed by atoms with Gasteiger partial charge in [0, 0.05) is 6.04 Å². The summed E-state index contributed by atoms with van der Waals surface area (Å²) >= 11 is 0. The van der Waals surface area contributed by atoms with Crippen LogP contribution in [0.4, 0.5) is 0 Å². The van der Waals surface area contributed by atoms with Crippen LogP contribution in [0.3, 0.4) is 0 Å². The van der Waals surface area contributed by atoms with E-state index in [1.54, 1.807) is 6.92 Å². The van der Waals surface area contributed by atoms with Crippen LogP contribution in [0.15, 0.2) is 78.9 Å². The summed E-state index contributed by atoms with van der Waals surface area (Å²) in [6, 6.07) is 25.1. The Labute approximate surface area is 229 Å².